The Morgan fingerprint density at radius 3 is 2.58 bits per heavy atom. The minimum Gasteiger partial charge on any atom is -0.460 e. The molecule has 0 radical (unpaired) electrons. The van der Waals surface area contributed by atoms with Gasteiger partial charge in [0.05, 0.1) is 6.54 Å². The number of rotatable bonds is 4. The fourth-order valence-electron chi connectivity index (χ4n) is 4.67. The fraction of sp³-hybridized carbons (Fsp3) is 0.391. The maximum atomic E-state index is 5.95. The van der Waals surface area contributed by atoms with Gasteiger partial charge in [0.15, 0.2) is 0 Å². The van der Waals surface area contributed by atoms with Crippen LogP contribution in [-0.2, 0) is 19.4 Å². The number of hydrogen-bond donors (Lipinski definition) is 1. The second-order valence-electron chi connectivity index (χ2n) is 7.80. The molecule has 134 valence electrons. The Morgan fingerprint density at radius 2 is 1.77 bits per heavy atom. The standard InChI is InChI=1S/C23H26N2O/c1-2-7-18-13-21(12-17(18)6-1)25-11-5-9-20(16-25)24-15-22-14-19-8-3-4-10-23(19)26-22/h1-4,6-8,10,14,20-21,24H,5,9,11-13,15-16H2/t20-/m0/s1. The number of piperidine rings is 1. The van der Waals surface area contributed by atoms with E-state index in [0.717, 1.165) is 24.4 Å². The molecule has 2 heterocycles. The van der Waals surface area contributed by atoms with Gasteiger partial charge in [0.1, 0.15) is 11.3 Å². The molecule has 3 nitrogen and oxygen atoms in total. The number of hydrogen-bond acceptors (Lipinski definition) is 3. The van der Waals surface area contributed by atoms with E-state index in [4.69, 9.17) is 4.42 Å². The lowest BCUT2D eigenvalue weighted by molar-refractivity contribution is 0.139. The maximum absolute atomic E-state index is 5.95. The van der Waals surface area contributed by atoms with Crippen LogP contribution in [0.3, 0.4) is 0 Å². The highest BCUT2D eigenvalue weighted by Gasteiger charge is 2.30. The Labute approximate surface area is 155 Å². The summed E-state index contributed by atoms with van der Waals surface area (Å²) in [5.41, 5.74) is 4.09. The molecule has 1 aliphatic carbocycles. The van der Waals surface area contributed by atoms with E-state index in [1.165, 1.54) is 37.6 Å². The van der Waals surface area contributed by atoms with Gasteiger partial charge in [-0.1, -0.05) is 42.5 Å². The van der Waals surface area contributed by atoms with Crippen molar-refractivity contribution in [3.8, 4) is 0 Å². The van der Waals surface area contributed by atoms with Crippen LogP contribution in [0, 0.1) is 0 Å². The summed E-state index contributed by atoms with van der Waals surface area (Å²) in [5, 5.41) is 4.93. The van der Waals surface area contributed by atoms with Crippen LogP contribution in [0.25, 0.3) is 11.0 Å². The summed E-state index contributed by atoms with van der Waals surface area (Å²) in [5.74, 6) is 1.04. The van der Waals surface area contributed by atoms with Gasteiger partial charge in [0.25, 0.3) is 0 Å². The summed E-state index contributed by atoms with van der Waals surface area (Å²) in [7, 11) is 0. The third-order valence-corrected chi connectivity index (χ3v) is 6.04. The summed E-state index contributed by atoms with van der Waals surface area (Å²) < 4.78 is 5.95. The zero-order valence-corrected chi connectivity index (χ0v) is 15.2. The van der Waals surface area contributed by atoms with E-state index in [9.17, 15) is 0 Å². The molecule has 2 aromatic carbocycles. The summed E-state index contributed by atoms with van der Waals surface area (Å²) in [6, 6.07) is 20.6. The largest absolute Gasteiger partial charge is 0.460 e. The molecule has 1 atom stereocenters. The topological polar surface area (TPSA) is 28.4 Å². The highest BCUT2D eigenvalue weighted by Crippen LogP contribution is 2.27. The van der Waals surface area contributed by atoms with Crippen LogP contribution in [0.5, 0.6) is 0 Å². The number of likely N-dealkylation sites (tertiary alicyclic amines) is 1. The molecule has 0 amide bonds. The monoisotopic (exact) mass is 346 g/mol. The first kappa shape index (κ1) is 16.1. The molecule has 26 heavy (non-hydrogen) atoms. The van der Waals surface area contributed by atoms with Gasteiger partial charge in [-0.25, -0.2) is 0 Å². The van der Waals surface area contributed by atoms with Crippen molar-refractivity contribution in [3.63, 3.8) is 0 Å². The first-order valence-corrected chi connectivity index (χ1v) is 9.87. The second kappa shape index (κ2) is 6.90. The number of benzene rings is 2. The van der Waals surface area contributed by atoms with Crippen molar-refractivity contribution in [2.24, 2.45) is 0 Å². The van der Waals surface area contributed by atoms with Crippen LogP contribution >= 0.6 is 0 Å². The van der Waals surface area contributed by atoms with Crippen molar-refractivity contribution in [1.29, 1.82) is 0 Å². The summed E-state index contributed by atoms with van der Waals surface area (Å²) in [6.45, 7) is 3.21. The van der Waals surface area contributed by atoms with E-state index in [-0.39, 0.29) is 0 Å². The quantitative estimate of drug-likeness (QED) is 0.769. The molecule has 1 N–H and O–H groups in total. The maximum Gasteiger partial charge on any atom is 0.134 e. The van der Waals surface area contributed by atoms with Crippen LogP contribution in [0.15, 0.2) is 59.0 Å². The smallest absolute Gasteiger partial charge is 0.134 e. The first-order valence-electron chi connectivity index (χ1n) is 9.87. The summed E-state index contributed by atoms with van der Waals surface area (Å²) in [6.07, 6.45) is 4.97. The molecular weight excluding hydrogens is 320 g/mol. The van der Waals surface area contributed by atoms with Crippen LogP contribution in [0.1, 0.15) is 29.7 Å². The average Bonchev–Trinajstić information content (AvgIpc) is 3.30. The number of fused-ring (bicyclic) bond motifs is 2. The zero-order valence-electron chi connectivity index (χ0n) is 15.2. The number of furan rings is 1. The minimum atomic E-state index is 0.556. The highest BCUT2D eigenvalue weighted by atomic mass is 16.3. The predicted octanol–water partition coefficient (Wildman–Crippen LogP) is 4.15. The Hall–Kier alpha value is -2.10. The molecule has 5 rings (SSSR count). The normalized spacial score (nSPS) is 21.3. The molecule has 0 saturated carbocycles. The van der Waals surface area contributed by atoms with E-state index < -0.39 is 0 Å². The molecule has 3 heteroatoms. The molecule has 3 aromatic rings. The van der Waals surface area contributed by atoms with Crippen LogP contribution in [-0.4, -0.2) is 30.1 Å². The van der Waals surface area contributed by atoms with Crippen molar-refractivity contribution in [2.75, 3.05) is 13.1 Å². The zero-order chi connectivity index (χ0) is 17.3. The molecule has 0 spiro atoms. The van der Waals surface area contributed by atoms with Crippen molar-refractivity contribution >= 4 is 11.0 Å². The molecule has 1 aliphatic heterocycles. The second-order valence-corrected chi connectivity index (χ2v) is 7.80. The lowest BCUT2D eigenvalue weighted by atomic mass is 10.0. The van der Waals surface area contributed by atoms with Gasteiger partial charge in [-0.3, -0.25) is 4.90 Å². The van der Waals surface area contributed by atoms with Gasteiger partial charge in [0.2, 0.25) is 0 Å². The Kier molecular flexibility index (Phi) is 4.27. The Balaban J connectivity index is 1.20. The minimum absolute atomic E-state index is 0.556. The number of para-hydroxylation sites is 1. The predicted molar refractivity (Wildman–Crippen MR) is 105 cm³/mol. The van der Waals surface area contributed by atoms with Gasteiger partial charge < -0.3 is 9.73 Å². The fourth-order valence-corrected chi connectivity index (χ4v) is 4.67. The van der Waals surface area contributed by atoms with Crippen molar-refractivity contribution in [2.45, 2.75) is 44.3 Å². The summed E-state index contributed by atoms with van der Waals surface area (Å²) in [4.78, 5) is 2.71. The molecule has 0 bridgehead atoms. The first-order chi connectivity index (χ1) is 12.8. The van der Waals surface area contributed by atoms with Crippen molar-refractivity contribution in [3.05, 3.63) is 71.5 Å². The molecule has 2 aliphatic rings. The Morgan fingerprint density at radius 1 is 1.00 bits per heavy atom. The number of nitrogens with zero attached hydrogens (tertiary/aromatic N) is 1. The van der Waals surface area contributed by atoms with Crippen molar-refractivity contribution < 1.29 is 4.42 Å². The Bertz CT molecular complexity index is 842. The van der Waals surface area contributed by atoms with E-state index in [2.05, 4.69) is 52.7 Å². The molecule has 1 aromatic heterocycles. The lowest BCUT2D eigenvalue weighted by Crippen LogP contribution is -2.49. The van der Waals surface area contributed by atoms with E-state index in [1.54, 1.807) is 11.1 Å². The van der Waals surface area contributed by atoms with Gasteiger partial charge in [-0.05, 0) is 55.5 Å². The van der Waals surface area contributed by atoms with Crippen LogP contribution < -0.4 is 5.32 Å². The molecule has 0 unspecified atom stereocenters. The molecule has 1 saturated heterocycles. The van der Waals surface area contributed by atoms with Gasteiger partial charge in [0, 0.05) is 24.0 Å². The van der Waals surface area contributed by atoms with Gasteiger partial charge >= 0.3 is 0 Å². The molecule has 1 fully saturated rings. The van der Waals surface area contributed by atoms with Crippen LogP contribution in [0.4, 0.5) is 0 Å². The number of nitrogens with one attached hydrogen (secondary N) is 1. The SMILES string of the molecule is c1ccc2c(c1)CC(N1CCC[C@H](NCc3cc4ccccc4o3)C1)C2. The molecular formula is C23H26N2O. The summed E-state index contributed by atoms with van der Waals surface area (Å²) >= 11 is 0. The van der Waals surface area contributed by atoms with E-state index in [1.807, 2.05) is 12.1 Å². The third-order valence-electron chi connectivity index (χ3n) is 6.04. The lowest BCUT2D eigenvalue weighted by Gasteiger charge is -2.37. The van der Waals surface area contributed by atoms with Crippen molar-refractivity contribution in [1.82, 2.24) is 10.2 Å². The van der Waals surface area contributed by atoms with E-state index >= 15 is 0 Å². The highest BCUT2D eigenvalue weighted by molar-refractivity contribution is 5.77. The van der Waals surface area contributed by atoms with Gasteiger partial charge in [-0.2, -0.15) is 0 Å². The third kappa shape index (κ3) is 3.17. The average molecular weight is 346 g/mol. The van der Waals surface area contributed by atoms with E-state index in [0.29, 0.717) is 12.1 Å². The van der Waals surface area contributed by atoms with Crippen LogP contribution in [0.2, 0.25) is 0 Å². The van der Waals surface area contributed by atoms with Gasteiger partial charge in [-0.15, -0.1) is 0 Å².